The summed E-state index contributed by atoms with van der Waals surface area (Å²) < 4.78 is 43.2. The molecule has 0 aliphatic carbocycles. The fourth-order valence-corrected chi connectivity index (χ4v) is 6.64. The van der Waals surface area contributed by atoms with Crippen molar-refractivity contribution in [1.29, 1.82) is 5.26 Å². The molecule has 0 bridgehead atoms. The lowest BCUT2D eigenvalue weighted by Gasteiger charge is -2.32. The molecule has 4 N–H and O–H groups in total. The molecule has 1 atom stereocenters. The molecule has 0 amide bonds. The van der Waals surface area contributed by atoms with Crippen LogP contribution in [0.3, 0.4) is 0 Å². The van der Waals surface area contributed by atoms with Crippen molar-refractivity contribution in [3.05, 3.63) is 70.9 Å². The summed E-state index contributed by atoms with van der Waals surface area (Å²) in [6, 6.07) is 7.69. The highest BCUT2D eigenvalue weighted by Crippen LogP contribution is 2.51. The summed E-state index contributed by atoms with van der Waals surface area (Å²) in [5.74, 6) is -0.639. The number of fused-ring (bicyclic) bond motifs is 1. The summed E-state index contributed by atoms with van der Waals surface area (Å²) in [4.78, 5) is 15.1. The van der Waals surface area contributed by atoms with Gasteiger partial charge >= 0.3 is 6.01 Å². The Bertz CT molecular complexity index is 1960. The number of aromatic nitrogens is 3. The maximum absolute atomic E-state index is 16.8. The van der Waals surface area contributed by atoms with Crippen LogP contribution in [-0.2, 0) is 0 Å². The van der Waals surface area contributed by atoms with Gasteiger partial charge in [-0.25, -0.2) is 13.8 Å². The van der Waals surface area contributed by atoms with Gasteiger partial charge in [-0.15, -0.1) is 17.9 Å². The number of hydrogen-bond donors (Lipinski definition) is 2. The minimum atomic E-state index is -0.825. The number of nitrogen functional groups attached to an aromatic ring is 2. The predicted octanol–water partition coefficient (Wildman–Crippen LogP) is 6.40. The molecule has 1 aliphatic heterocycles. The molecule has 0 spiro atoms. The van der Waals surface area contributed by atoms with E-state index in [-0.39, 0.29) is 66.1 Å². The van der Waals surface area contributed by atoms with E-state index in [1.807, 2.05) is 17.0 Å². The van der Waals surface area contributed by atoms with Gasteiger partial charge in [0.1, 0.15) is 40.6 Å². The molecule has 0 saturated heterocycles. The first kappa shape index (κ1) is 27.4. The molecule has 6 rings (SSSR count). The van der Waals surface area contributed by atoms with Crippen molar-refractivity contribution in [2.75, 3.05) is 36.6 Å². The fourth-order valence-electron chi connectivity index (χ4n) is 5.36. The van der Waals surface area contributed by atoms with Crippen molar-refractivity contribution < 1.29 is 18.3 Å². The summed E-state index contributed by atoms with van der Waals surface area (Å²) in [5.41, 5.74) is 13.0. The predicted molar refractivity (Wildman–Crippen MR) is 160 cm³/mol. The third-order valence-electron chi connectivity index (χ3n) is 7.17. The van der Waals surface area contributed by atoms with Crippen LogP contribution in [0.15, 0.2) is 43.1 Å². The van der Waals surface area contributed by atoms with Gasteiger partial charge in [-0.1, -0.05) is 29.8 Å². The van der Waals surface area contributed by atoms with Crippen molar-refractivity contribution >= 4 is 60.6 Å². The highest BCUT2D eigenvalue weighted by Gasteiger charge is 2.34. The Kier molecular flexibility index (Phi) is 6.92. The average molecular weight is 606 g/mol. The lowest BCUT2D eigenvalue weighted by atomic mass is 9.96. The van der Waals surface area contributed by atoms with E-state index in [1.165, 1.54) is 19.2 Å². The first-order chi connectivity index (χ1) is 20.3. The molecule has 1 unspecified atom stereocenters. The molecule has 0 saturated carbocycles. The van der Waals surface area contributed by atoms with Crippen LogP contribution in [0.5, 0.6) is 11.8 Å². The maximum Gasteiger partial charge on any atom is 0.318 e. The van der Waals surface area contributed by atoms with Gasteiger partial charge in [0.05, 0.1) is 40.4 Å². The van der Waals surface area contributed by atoms with Gasteiger partial charge in [0.15, 0.2) is 11.6 Å². The number of benzene rings is 2. The zero-order chi connectivity index (χ0) is 29.7. The Morgan fingerprint density at radius 3 is 2.81 bits per heavy atom. The number of ether oxygens (including phenoxy) is 2. The number of anilines is 3. The van der Waals surface area contributed by atoms with Crippen molar-refractivity contribution in [2.45, 2.75) is 12.5 Å². The van der Waals surface area contributed by atoms with Gasteiger partial charge in [-0.05, 0) is 24.1 Å². The Hall–Kier alpha value is -4.73. The largest absolute Gasteiger partial charge is 0.489 e. The smallest absolute Gasteiger partial charge is 0.318 e. The molecule has 212 valence electrons. The van der Waals surface area contributed by atoms with Gasteiger partial charge in [-0.3, -0.25) is 0 Å². The number of nitriles is 1. The Morgan fingerprint density at radius 2 is 2.10 bits per heavy atom. The summed E-state index contributed by atoms with van der Waals surface area (Å²) in [5, 5.41) is 10.2. The fraction of sp³-hybridized carbons (Fsp3) is 0.172. The minimum absolute atomic E-state index is 0.0281. The number of pyridine rings is 1. The van der Waals surface area contributed by atoms with Gasteiger partial charge in [0.2, 0.25) is 0 Å². The van der Waals surface area contributed by atoms with E-state index < -0.39 is 17.7 Å². The number of nitrogens with zero attached hydrogens (tertiary/aromatic N) is 5. The molecule has 1 aliphatic rings. The SMILES string of the molecule is C=CCC(c1cccnc1N)N1CCOc2c(Cl)c(-c3ccc(F)c4sc(N)c(C#N)c34)c(F)c3nc(OC)nc1c23. The highest BCUT2D eigenvalue weighted by molar-refractivity contribution is 7.23. The maximum atomic E-state index is 16.8. The molecule has 3 aromatic heterocycles. The van der Waals surface area contributed by atoms with Crippen LogP contribution in [0.1, 0.15) is 23.6 Å². The lowest BCUT2D eigenvalue weighted by Crippen LogP contribution is -2.33. The number of thiophene rings is 1. The van der Waals surface area contributed by atoms with Crippen molar-refractivity contribution in [2.24, 2.45) is 0 Å². The highest BCUT2D eigenvalue weighted by atomic mass is 35.5. The second kappa shape index (κ2) is 10.6. The van der Waals surface area contributed by atoms with Gasteiger partial charge in [-0.2, -0.15) is 15.2 Å². The van der Waals surface area contributed by atoms with Crippen LogP contribution in [0.2, 0.25) is 5.02 Å². The van der Waals surface area contributed by atoms with Crippen LogP contribution < -0.4 is 25.8 Å². The molecule has 0 radical (unpaired) electrons. The van der Waals surface area contributed by atoms with Crippen molar-refractivity contribution in [3.63, 3.8) is 0 Å². The van der Waals surface area contributed by atoms with E-state index in [0.717, 1.165) is 16.9 Å². The van der Waals surface area contributed by atoms with E-state index in [2.05, 4.69) is 21.5 Å². The average Bonchev–Trinajstić information content (AvgIpc) is 3.21. The van der Waals surface area contributed by atoms with Crippen LogP contribution in [0, 0.1) is 23.0 Å². The van der Waals surface area contributed by atoms with E-state index >= 15 is 4.39 Å². The molecule has 42 heavy (non-hydrogen) atoms. The number of hydrogen-bond acceptors (Lipinski definition) is 10. The van der Waals surface area contributed by atoms with E-state index in [1.54, 1.807) is 18.3 Å². The standard InChI is InChI=1S/C29H22ClF2N7O2S/c1-3-5-17(13-6-4-9-36-26(13)34)39-10-11-41-24-20-23(37-29(40-2)38-28(20)39)22(32)19(21(24)30)14-7-8-16(31)25-18(14)15(12-33)27(35)42-25/h3-4,6-9,17H,1,5,10-11,35H2,2H3,(H2,34,36). The van der Waals surface area contributed by atoms with Crippen LogP contribution in [-0.4, -0.2) is 35.2 Å². The molecule has 0 fully saturated rings. The first-order valence-corrected chi connectivity index (χ1v) is 13.9. The molecule has 5 aromatic rings. The molecular formula is C29H22ClF2N7O2S. The van der Waals surface area contributed by atoms with Gasteiger partial charge in [0.25, 0.3) is 0 Å². The minimum Gasteiger partial charge on any atom is -0.489 e. The summed E-state index contributed by atoms with van der Waals surface area (Å²) in [6.45, 7) is 4.35. The van der Waals surface area contributed by atoms with Crippen molar-refractivity contribution in [3.8, 4) is 29.0 Å². The number of methoxy groups -OCH3 is 1. The quantitative estimate of drug-likeness (QED) is 0.211. The van der Waals surface area contributed by atoms with Crippen molar-refractivity contribution in [1.82, 2.24) is 15.0 Å². The molecule has 13 heteroatoms. The third kappa shape index (κ3) is 4.12. The zero-order valence-electron chi connectivity index (χ0n) is 22.1. The van der Waals surface area contributed by atoms with Gasteiger partial charge < -0.3 is 25.8 Å². The summed E-state index contributed by atoms with van der Waals surface area (Å²) in [6.07, 6.45) is 3.80. The molecule has 9 nitrogen and oxygen atoms in total. The van der Waals surface area contributed by atoms with Crippen LogP contribution in [0.4, 0.5) is 25.4 Å². The van der Waals surface area contributed by atoms with Crippen LogP contribution >= 0.6 is 22.9 Å². The first-order valence-electron chi connectivity index (χ1n) is 12.7. The van der Waals surface area contributed by atoms with E-state index in [4.69, 9.17) is 32.5 Å². The van der Waals surface area contributed by atoms with Crippen LogP contribution in [0.25, 0.3) is 32.1 Å². The lowest BCUT2D eigenvalue weighted by molar-refractivity contribution is 0.327. The Balaban J connectivity index is 1.69. The second-order valence-corrected chi connectivity index (χ2v) is 10.8. The summed E-state index contributed by atoms with van der Waals surface area (Å²) >= 11 is 7.83. The zero-order valence-corrected chi connectivity index (χ0v) is 23.7. The topological polar surface area (TPSA) is 136 Å². The number of nitrogens with two attached hydrogens (primary N) is 2. The van der Waals surface area contributed by atoms with E-state index in [9.17, 15) is 9.65 Å². The van der Waals surface area contributed by atoms with Gasteiger partial charge in [0, 0.05) is 22.7 Å². The Morgan fingerprint density at radius 1 is 1.29 bits per heavy atom. The number of halogens is 3. The monoisotopic (exact) mass is 605 g/mol. The third-order valence-corrected chi connectivity index (χ3v) is 8.56. The van der Waals surface area contributed by atoms with E-state index in [0.29, 0.717) is 24.6 Å². The second-order valence-electron chi connectivity index (χ2n) is 9.40. The summed E-state index contributed by atoms with van der Waals surface area (Å²) in [7, 11) is 1.37. The normalized spacial score (nSPS) is 13.5. The molecular weight excluding hydrogens is 584 g/mol. The molecule has 4 heterocycles. The number of rotatable bonds is 6. The molecule has 2 aromatic carbocycles. The Labute approximate surface area is 247 Å².